The molecule has 2 unspecified atom stereocenters. The first-order valence-corrected chi connectivity index (χ1v) is 6.32. The molecule has 0 saturated heterocycles. The summed E-state index contributed by atoms with van der Waals surface area (Å²) in [5.41, 5.74) is 0.911. The predicted molar refractivity (Wildman–Crippen MR) is 61.6 cm³/mol. The fourth-order valence-corrected chi connectivity index (χ4v) is 3.86. The van der Waals surface area contributed by atoms with Gasteiger partial charge >= 0.3 is 0 Å². The first kappa shape index (κ1) is 11.4. The average molecular weight is 213 g/mol. The number of halogens is 1. The normalized spacial score (nSPS) is 42.4. The highest BCUT2D eigenvalue weighted by Crippen LogP contribution is 2.65. The molecule has 0 radical (unpaired) electrons. The van der Waals surface area contributed by atoms with E-state index in [4.69, 9.17) is 0 Å². The van der Waals surface area contributed by atoms with Crippen LogP contribution in [0.3, 0.4) is 0 Å². The molecule has 2 aliphatic carbocycles. The third-order valence-corrected chi connectivity index (χ3v) is 5.50. The zero-order chi connectivity index (χ0) is 11.1. The van der Waals surface area contributed by atoms with E-state index in [9.17, 15) is 4.39 Å². The molecule has 3 atom stereocenters. The summed E-state index contributed by atoms with van der Waals surface area (Å²) < 4.78 is 12.1. The summed E-state index contributed by atoms with van der Waals surface area (Å²) in [6, 6.07) is 0.623. The fraction of sp³-hybridized carbons (Fsp3) is 1.00. The van der Waals surface area contributed by atoms with E-state index in [1.165, 1.54) is 19.3 Å². The van der Waals surface area contributed by atoms with E-state index in [0.717, 1.165) is 12.5 Å². The summed E-state index contributed by atoms with van der Waals surface area (Å²) in [5.74, 6) is 0.880. The molecule has 0 aromatic heterocycles. The predicted octanol–water partition coefficient (Wildman–Crippen LogP) is 3.15. The number of alkyl halides is 1. The van der Waals surface area contributed by atoms with Gasteiger partial charge in [0.05, 0.1) is 6.67 Å². The highest BCUT2D eigenvalue weighted by atomic mass is 19.1. The Balaban J connectivity index is 1.99. The molecule has 0 amide bonds. The number of nitrogens with one attached hydrogen (secondary N) is 1. The van der Waals surface area contributed by atoms with E-state index in [1.807, 2.05) is 0 Å². The molecule has 2 bridgehead atoms. The largest absolute Gasteiger partial charge is 0.313 e. The Kier molecular flexibility index (Phi) is 2.83. The van der Waals surface area contributed by atoms with Gasteiger partial charge in [0, 0.05) is 6.04 Å². The standard InChI is InChI=1S/C13H24FN/c1-12(2)10-5-6-13(12,3)11(9-10)15-8-4-7-14/h10-11,15H,4-9H2,1-3H3/t10?,11?,13-/m1/s1. The molecule has 2 rings (SSSR count). The van der Waals surface area contributed by atoms with Gasteiger partial charge in [-0.25, -0.2) is 0 Å². The van der Waals surface area contributed by atoms with E-state index in [2.05, 4.69) is 26.1 Å². The van der Waals surface area contributed by atoms with Crippen LogP contribution in [0.4, 0.5) is 4.39 Å². The Labute approximate surface area is 92.8 Å². The maximum atomic E-state index is 12.1. The number of fused-ring (bicyclic) bond motifs is 2. The molecule has 1 N–H and O–H groups in total. The van der Waals surface area contributed by atoms with Crippen LogP contribution >= 0.6 is 0 Å². The van der Waals surface area contributed by atoms with E-state index >= 15 is 0 Å². The molecule has 1 nitrogen and oxygen atoms in total. The van der Waals surface area contributed by atoms with Crippen molar-refractivity contribution in [1.82, 2.24) is 5.32 Å². The molecule has 15 heavy (non-hydrogen) atoms. The minimum absolute atomic E-state index is 0.191. The molecule has 88 valence electrons. The summed E-state index contributed by atoms with van der Waals surface area (Å²) in [6.45, 7) is 7.92. The van der Waals surface area contributed by atoms with Gasteiger partial charge in [0.25, 0.3) is 0 Å². The van der Waals surface area contributed by atoms with Crippen LogP contribution in [-0.4, -0.2) is 19.3 Å². The molecule has 0 heterocycles. The molecule has 0 aromatic rings. The van der Waals surface area contributed by atoms with Crippen molar-refractivity contribution in [2.75, 3.05) is 13.2 Å². The Bertz CT molecular complexity index is 239. The third kappa shape index (κ3) is 1.52. The quantitative estimate of drug-likeness (QED) is 0.707. The van der Waals surface area contributed by atoms with Crippen LogP contribution in [0, 0.1) is 16.7 Å². The zero-order valence-electron chi connectivity index (χ0n) is 10.3. The molecule has 0 aliphatic heterocycles. The van der Waals surface area contributed by atoms with Crippen LogP contribution in [0.15, 0.2) is 0 Å². The van der Waals surface area contributed by atoms with Crippen molar-refractivity contribution >= 4 is 0 Å². The number of rotatable bonds is 4. The SMILES string of the molecule is CC1(C)C2CC[C@]1(C)C(NCCCF)C2. The van der Waals surface area contributed by atoms with Crippen molar-refractivity contribution in [3.05, 3.63) is 0 Å². The van der Waals surface area contributed by atoms with E-state index in [-0.39, 0.29) is 6.67 Å². The molecule has 2 aliphatic rings. The van der Waals surface area contributed by atoms with Gasteiger partial charge < -0.3 is 5.32 Å². The minimum atomic E-state index is -0.191. The lowest BCUT2D eigenvalue weighted by Crippen LogP contribution is -2.44. The molecule has 2 saturated carbocycles. The van der Waals surface area contributed by atoms with Crippen molar-refractivity contribution in [3.8, 4) is 0 Å². The van der Waals surface area contributed by atoms with Crippen LogP contribution in [0.25, 0.3) is 0 Å². The molecule has 0 spiro atoms. The second kappa shape index (κ2) is 3.73. The van der Waals surface area contributed by atoms with Gasteiger partial charge in [-0.2, -0.15) is 0 Å². The van der Waals surface area contributed by atoms with Crippen molar-refractivity contribution in [2.24, 2.45) is 16.7 Å². The molecular formula is C13H24FN. The summed E-state index contributed by atoms with van der Waals surface area (Å²) in [5, 5.41) is 3.57. The van der Waals surface area contributed by atoms with Crippen LogP contribution in [0.2, 0.25) is 0 Å². The molecular weight excluding hydrogens is 189 g/mol. The lowest BCUT2D eigenvalue weighted by molar-refractivity contribution is 0.121. The second-order valence-corrected chi connectivity index (χ2v) is 6.16. The van der Waals surface area contributed by atoms with Gasteiger partial charge in [0.15, 0.2) is 0 Å². The molecule has 2 fully saturated rings. The van der Waals surface area contributed by atoms with Crippen LogP contribution < -0.4 is 5.32 Å². The first-order valence-electron chi connectivity index (χ1n) is 6.32. The van der Waals surface area contributed by atoms with E-state index in [1.54, 1.807) is 0 Å². The maximum absolute atomic E-state index is 12.1. The fourth-order valence-electron chi connectivity index (χ4n) is 3.86. The van der Waals surface area contributed by atoms with Gasteiger partial charge in [-0.1, -0.05) is 20.8 Å². The third-order valence-electron chi connectivity index (χ3n) is 5.50. The topological polar surface area (TPSA) is 12.0 Å². The maximum Gasteiger partial charge on any atom is 0.0906 e. The van der Waals surface area contributed by atoms with Gasteiger partial charge in [0.2, 0.25) is 0 Å². The van der Waals surface area contributed by atoms with Crippen LogP contribution in [0.1, 0.15) is 46.5 Å². The molecule has 2 heteroatoms. The Morgan fingerprint density at radius 1 is 1.33 bits per heavy atom. The monoisotopic (exact) mass is 213 g/mol. The van der Waals surface area contributed by atoms with Gasteiger partial charge in [0.1, 0.15) is 0 Å². The Morgan fingerprint density at radius 3 is 2.53 bits per heavy atom. The highest BCUT2D eigenvalue weighted by molar-refractivity contribution is 5.12. The van der Waals surface area contributed by atoms with Crippen molar-refractivity contribution in [2.45, 2.75) is 52.5 Å². The van der Waals surface area contributed by atoms with E-state index in [0.29, 0.717) is 23.3 Å². The summed E-state index contributed by atoms with van der Waals surface area (Å²) in [4.78, 5) is 0. The summed E-state index contributed by atoms with van der Waals surface area (Å²) in [6.07, 6.45) is 4.70. The van der Waals surface area contributed by atoms with Crippen LogP contribution in [0.5, 0.6) is 0 Å². The van der Waals surface area contributed by atoms with Gasteiger partial charge in [-0.05, 0) is 49.0 Å². The average Bonchev–Trinajstić information content (AvgIpc) is 2.51. The first-order chi connectivity index (χ1) is 7.02. The minimum Gasteiger partial charge on any atom is -0.313 e. The Hall–Kier alpha value is -0.110. The van der Waals surface area contributed by atoms with Crippen molar-refractivity contribution in [1.29, 1.82) is 0 Å². The van der Waals surface area contributed by atoms with Crippen molar-refractivity contribution in [3.63, 3.8) is 0 Å². The zero-order valence-corrected chi connectivity index (χ0v) is 10.3. The number of hydrogen-bond donors (Lipinski definition) is 1. The van der Waals surface area contributed by atoms with Gasteiger partial charge in [-0.3, -0.25) is 4.39 Å². The van der Waals surface area contributed by atoms with Crippen molar-refractivity contribution < 1.29 is 4.39 Å². The summed E-state index contributed by atoms with van der Waals surface area (Å²) in [7, 11) is 0. The highest BCUT2D eigenvalue weighted by Gasteiger charge is 2.60. The second-order valence-electron chi connectivity index (χ2n) is 6.16. The van der Waals surface area contributed by atoms with Gasteiger partial charge in [-0.15, -0.1) is 0 Å². The van der Waals surface area contributed by atoms with E-state index < -0.39 is 0 Å². The lowest BCUT2D eigenvalue weighted by Gasteiger charge is -2.39. The lowest BCUT2D eigenvalue weighted by atomic mass is 9.69. The Morgan fingerprint density at radius 2 is 2.07 bits per heavy atom. The molecule has 0 aromatic carbocycles. The summed E-state index contributed by atoms with van der Waals surface area (Å²) >= 11 is 0. The van der Waals surface area contributed by atoms with Crippen LogP contribution in [-0.2, 0) is 0 Å². The smallest absolute Gasteiger partial charge is 0.0906 e. The number of hydrogen-bond acceptors (Lipinski definition) is 1.